The van der Waals surface area contributed by atoms with Crippen LogP contribution in [0.15, 0.2) is 18.6 Å². The first-order chi connectivity index (χ1) is 15.1. The van der Waals surface area contributed by atoms with Crippen LogP contribution in [0.5, 0.6) is 0 Å². The Bertz CT molecular complexity index is 954. The fourth-order valence-corrected chi connectivity index (χ4v) is 6.11. The second-order valence-electron chi connectivity index (χ2n) is 9.81. The molecule has 0 bridgehead atoms. The van der Waals surface area contributed by atoms with Crippen molar-refractivity contribution < 1.29 is 14.9 Å². The number of nitrogens with two attached hydrogens (primary N) is 1. The molecule has 1 saturated carbocycles. The molecule has 6 rings (SSSR count). The molecular weight excluding hydrogens is 396 g/mol. The standard InChI is InChI=1S/C22H32N6O3/c23-19-15-4-9-28(20(15)25-13-24-19)21-18(30)17(29)16(31-21)12-27-8-1-5-22(27)6-10-26(11-7-22)14-2-3-14/h4,9,13-14,16-18,21,29-30H,1-3,5-8,10-12H2,(H2,23,24,25)/t16-,17-,18-,21-/m1/s1. The van der Waals surface area contributed by atoms with Crippen LogP contribution in [0.3, 0.4) is 0 Å². The van der Waals surface area contributed by atoms with Crippen LogP contribution in [0.2, 0.25) is 0 Å². The maximum absolute atomic E-state index is 10.8. The van der Waals surface area contributed by atoms with Crippen molar-refractivity contribution in [3.63, 3.8) is 0 Å². The van der Waals surface area contributed by atoms with E-state index in [9.17, 15) is 10.2 Å². The highest BCUT2D eigenvalue weighted by molar-refractivity contribution is 5.86. The smallest absolute Gasteiger partial charge is 0.164 e. The van der Waals surface area contributed by atoms with E-state index >= 15 is 0 Å². The zero-order chi connectivity index (χ0) is 21.2. The topological polar surface area (TPSA) is 113 Å². The van der Waals surface area contributed by atoms with Crippen LogP contribution >= 0.6 is 0 Å². The van der Waals surface area contributed by atoms with Crippen LogP contribution < -0.4 is 5.73 Å². The molecule has 1 aliphatic carbocycles. The second kappa shape index (κ2) is 7.38. The number of nitrogens with zero attached hydrogens (tertiary/aromatic N) is 5. The number of hydrogen-bond donors (Lipinski definition) is 3. The first kappa shape index (κ1) is 19.9. The predicted molar refractivity (Wildman–Crippen MR) is 115 cm³/mol. The number of aromatic nitrogens is 3. The number of piperidine rings is 1. The van der Waals surface area contributed by atoms with Gasteiger partial charge >= 0.3 is 0 Å². The molecule has 4 fully saturated rings. The molecule has 9 heteroatoms. The van der Waals surface area contributed by atoms with E-state index in [2.05, 4.69) is 19.8 Å². The van der Waals surface area contributed by atoms with Gasteiger partial charge in [-0.3, -0.25) is 4.90 Å². The Morgan fingerprint density at radius 2 is 1.90 bits per heavy atom. The zero-order valence-corrected chi connectivity index (χ0v) is 17.8. The third kappa shape index (κ3) is 3.25. The van der Waals surface area contributed by atoms with E-state index in [4.69, 9.17) is 10.5 Å². The van der Waals surface area contributed by atoms with E-state index in [0.717, 1.165) is 18.0 Å². The Hall–Kier alpha value is -1.78. The summed E-state index contributed by atoms with van der Waals surface area (Å²) >= 11 is 0. The van der Waals surface area contributed by atoms with E-state index in [0.29, 0.717) is 18.0 Å². The van der Waals surface area contributed by atoms with Crippen LogP contribution in [-0.4, -0.2) is 90.6 Å². The van der Waals surface area contributed by atoms with Gasteiger partial charge in [-0.1, -0.05) is 0 Å². The molecule has 168 valence electrons. The number of anilines is 1. The summed E-state index contributed by atoms with van der Waals surface area (Å²) < 4.78 is 8.01. The summed E-state index contributed by atoms with van der Waals surface area (Å²) in [7, 11) is 0. The summed E-state index contributed by atoms with van der Waals surface area (Å²) in [4.78, 5) is 13.5. The molecule has 5 heterocycles. The van der Waals surface area contributed by atoms with Crippen molar-refractivity contribution in [1.82, 2.24) is 24.3 Å². The summed E-state index contributed by atoms with van der Waals surface area (Å²) in [6.07, 6.45) is 7.64. The second-order valence-corrected chi connectivity index (χ2v) is 9.81. The molecule has 9 nitrogen and oxygen atoms in total. The highest BCUT2D eigenvalue weighted by Crippen LogP contribution is 2.42. The van der Waals surface area contributed by atoms with Crippen LogP contribution in [0.25, 0.3) is 11.0 Å². The molecule has 0 radical (unpaired) electrons. The predicted octanol–water partition coefficient (Wildman–Crippen LogP) is 0.725. The largest absolute Gasteiger partial charge is 0.387 e. The normalized spacial score (nSPS) is 34.3. The van der Waals surface area contributed by atoms with Crippen molar-refractivity contribution in [2.75, 3.05) is 31.9 Å². The molecule has 4 N–H and O–H groups in total. The Kier molecular flexibility index (Phi) is 4.73. The van der Waals surface area contributed by atoms with Gasteiger partial charge in [-0.15, -0.1) is 0 Å². The monoisotopic (exact) mass is 428 g/mol. The van der Waals surface area contributed by atoms with Crippen LogP contribution in [0, 0.1) is 0 Å². The lowest BCUT2D eigenvalue weighted by Crippen LogP contribution is -2.55. The molecule has 2 aromatic heterocycles. The zero-order valence-electron chi connectivity index (χ0n) is 17.8. The van der Waals surface area contributed by atoms with E-state index < -0.39 is 24.5 Å². The average molecular weight is 429 g/mol. The molecule has 1 spiro atoms. The van der Waals surface area contributed by atoms with Gasteiger partial charge in [0, 0.05) is 37.4 Å². The molecule has 4 atom stereocenters. The summed E-state index contributed by atoms with van der Waals surface area (Å²) in [6, 6.07) is 2.65. The number of ether oxygens (including phenoxy) is 1. The summed E-state index contributed by atoms with van der Waals surface area (Å²) in [6.45, 7) is 4.04. The lowest BCUT2D eigenvalue weighted by atomic mass is 9.84. The molecule has 3 saturated heterocycles. The highest BCUT2D eigenvalue weighted by Gasteiger charge is 2.49. The first-order valence-corrected chi connectivity index (χ1v) is 11.6. The Labute approximate surface area is 181 Å². The van der Waals surface area contributed by atoms with Gasteiger partial charge in [0.15, 0.2) is 6.23 Å². The van der Waals surface area contributed by atoms with Gasteiger partial charge in [-0.2, -0.15) is 0 Å². The minimum atomic E-state index is -1.02. The Morgan fingerprint density at radius 3 is 2.68 bits per heavy atom. The molecule has 4 aliphatic rings. The molecule has 0 amide bonds. The van der Waals surface area contributed by atoms with Gasteiger partial charge in [-0.05, 0) is 51.1 Å². The SMILES string of the molecule is Nc1ncnc2c1ccn2[C@@H]1O[C@H](CN2CCCC23CCN(C2CC2)CC3)[C@@H](O)[C@H]1O. The minimum absolute atomic E-state index is 0.222. The van der Waals surface area contributed by atoms with E-state index in [1.807, 2.05) is 6.07 Å². The Morgan fingerprint density at radius 1 is 1.10 bits per heavy atom. The van der Waals surface area contributed by atoms with Crippen molar-refractivity contribution >= 4 is 16.9 Å². The number of aliphatic hydroxyl groups is 2. The number of aliphatic hydroxyl groups excluding tert-OH is 2. The highest BCUT2D eigenvalue weighted by atomic mass is 16.6. The van der Waals surface area contributed by atoms with Crippen LogP contribution in [-0.2, 0) is 4.74 Å². The third-order valence-electron chi connectivity index (χ3n) is 8.08. The number of likely N-dealkylation sites (tertiary alicyclic amines) is 2. The fraction of sp³-hybridized carbons (Fsp3) is 0.727. The first-order valence-electron chi connectivity index (χ1n) is 11.6. The summed E-state index contributed by atoms with van der Waals surface area (Å²) in [5.41, 5.74) is 6.78. The molecule has 3 aliphatic heterocycles. The average Bonchev–Trinajstić information content (AvgIpc) is 3.34. The van der Waals surface area contributed by atoms with Gasteiger partial charge in [0.1, 0.15) is 36.1 Å². The Balaban J connectivity index is 1.18. The van der Waals surface area contributed by atoms with Crippen LogP contribution in [0.1, 0.15) is 44.8 Å². The van der Waals surface area contributed by atoms with Gasteiger partial charge in [0.2, 0.25) is 0 Å². The maximum Gasteiger partial charge on any atom is 0.164 e. The number of nitrogen functional groups attached to an aromatic ring is 1. The number of hydrogen-bond acceptors (Lipinski definition) is 8. The van der Waals surface area contributed by atoms with Gasteiger partial charge in [-0.25, -0.2) is 9.97 Å². The molecule has 0 aromatic carbocycles. The van der Waals surface area contributed by atoms with Crippen molar-refractivity contribution in [3.8, 4) is 0 Å². The van der Waals surface area contributed by atoms with Crippen molar-refractivity contribution in [2.45, 2.75) is 74.6 Å². The van der Waals surface area contributed by atoms with E-state index in [-0.39, 0.29) is 5.54 Å². The van der Waals surface area contributed by atoms with E-state index in [1.54, 1.807) is 10.8 Å². The van der Waals surface area contributed by atoms with Gasteiger partial charge in [0.05, 0.1) is 5.39 Å². The molecule has 31 heavy (non-hydrogen) atoms. The molecule has 2 aromatic rings. The van der Waals surface area contributed by atoms with E-state index in [1.165, 1.54) is 57.9 Å². The molecule has 0 unspecified atom stereocenters. The fourth-order valence-electron chi connectivity index (χ4n) is 6.11. The lowest BCUT2D eigenvalue weighted by Gasteiger charge is -2.46. The summed E-state index contributed by atoms with van der Waals surface area (Å²) in [5, 5.41) is 22.4. The third-order valence-corrected chi connectivity index (χ3v) is 8.08. The van der Waals surface area contributed by atoms with Gasteiger partial charge < -0.3 is 30.2 Å². The summed E-state index contributed by atoms with van der Waals surface area (Å²) in [5.74, 6) is 0.393. The minimum Gasteiger partial charge on any atom is -0.387 e. The molecular formula is C22H32N6O3. The van der Waals surface area contributed by atoms with Crippen LogP contribution in [0.4, 0.5) is 5.82 Å². The quantitative estimate of drug-likeness (QED) is 0.653. The van der Waals surface area contributed by atoms with Crippen molar-refractivity contribution in [2.24, 2.45) is 0 Å². The number of fused-ring (bicyclic) bond motifs is 1. The van der Waals surface area contributed by atoms with Crippen molar-refractivity contribution in [3.05, 3.63) is 18.6 Å². The van der Waals surface area contributed by atoms with Gasteiger partial charge in [0.25, 0.3) is 0 Å². The lowest BCUT2D eigenvalue weighted by molar-refractivity contribution is -0.0578. The van der Waals surface area contributed by atoms with Crippen molar-refractivity contribution in [1.29, 1.82) is 0 Å². The maximum atomic E-state index is 10.8. The number of rotatable bonds is 4.